The predicted octanol–water partition coefficient (Wildman–Crippen LogP) is 0.201. The normalized spacial score (nSPS) is 30.1. The average molecular weight is 213 g/mol. The summed E-state index contributed by atoms with van der Waals surface area (Å²) in [7, 11) is 0. The van der Waals surface area contributed by atoms with Crippen LogP contribution in [0.15, 0.2) is 12.7 Å². The number of carbonyl (C=O) groups excluding carboxylic acids is 1. The fourth-order valence-corrected chi connectivity index (χ4v) is 1.95. The van der Waals surface area contributed by atoms with Crippen LogP contribution >= 0.6 is 0 Å². The molecule has 3 N–H and O–H groups in total. The first kappa shape index (κ1) is 12.2. The summed E-state index contributed by atoms with van der Waals surface area (Å²) in [5.41, 5.74) is 0. The van der Waals surface area contributed by atoms with Gasteiger partial charge < -0.3 is 15.5 Å². The molecule has 1 amide bonds. The standard InChI is InChI=1S/C11H19NO3/c1-2-3-4-11(15)12-9-5-8(7-13)10(14)6-9/h2,8-10,13-14H,1,3-7H2,(H,12,15)/t8-,9-,10+/m0/s1. The Morgan fingerprint density at radius 1 is 1.53 bits per heavy atom. The van der Waals surface area contributed by atoms with Crippen LogP contribution in [0.4, 0.5) is 0 Å². The highest BCUT2D eigenvalue weighted by atomic mass is 16.3. The van der Waals surface area contributed by atoms with Crippen LogP contribution in [-0.4, -0.2) is 34.9 Å². The maximum absolute atomic E-state index is 11.4. The van der Waals surface area contributed by atoms with Crippen molar-refractivity contribution in [2.75, 3.05) is 6.61 Å². The number of hydrogen-bond donors (Lipinski definition) is 3. The molecule has 1 aliphatic carbocycles. The summed E-state index contributed by atoms with van der Waals surface area (Å²) in [5, 5.41) is 21.3. The van der Waals surface area contributed by atoms with E-state index in [2.05, 4.69) is 11.9 Å². The highest BCUT2D eigenvalue weighted by molar-refractivity contribution is 5.76. The molecule has 0 heterocycles. The molecule has 1 saturated carbocycles. The highest BCUT2D eigenvalue weighted by Crippen LogP contribution is 2.25. The minimum Gasteiger partial charge on any atom is -0.396 e. The Morgan fingerprint density at radius 3 is 2.80 bits per heavy atom. The first-order chi connectivity index (χ1) is 7.17. The molecule has 0 aromatic heterocycles. The third-order valence-electron chi connectivity index (χ3n) is 2.83. The van der Waals surface area contributed by atoms with Crippen LogP contribution in [-0.2, 0) is 4.79 Å². The number of rotatable bonds is 5. The summed E-state index contributed by atoms with van der Waals surface area (Å²) in [6.07, 6.45) is 3.55. The van der Waals surface area contributed by atoms with Gasteiger partial charge in [0.2, 0.25) is 5.91 Å². The molecule has 4 heteroatoms. The third-order valence-corrected chi connectivity index (χ3v) is 2.83. The van der Waals surface area contributed by atoms with Gasteiger partial charge in [-0.1, -0.05) is 6.08 Å². The SMILES string of the molecule is C=CCCC(=O)N[C@H]1C[C@@H](CO)[C@H](O)C1. The van der Waals surface area contributed by atoms with Gasteiger partial charge in [0.1, 0.15) is 0 Å². The van der Waals surface area contributed by atoms with E-state index in [4.69, 9.17) is 5.11 Å². The maximum atomic E-state index is 11.4. The third kappa shape index (κ3) is 3.64. The number of allylic oxidation sites excluding steroid dienone is 1. The van der Waals surface area contributed by atoms with Gasteiger partial charge in [0, 0.05) is 25.0 Å². The lowest BCUT2D eigenvalue weighted by atomic mass is 10.1. The van der Waals surface area contributed by atoms with Gasteiger partial charge in [-0.15, -0.1) is 6.58 Å². The minimum absolute atomic E-state index is 0.00862. The van der Waals surface area contributed by atoms with E-state index < -0.39 is 6.10 Å². The van der Waals surface area contributed by atoms with Gasteiger partial charge in [0.05, 0.1) is 6.10 Å². The largest absolute Gasteiger partial charge is 0.396 e. The van der Waals surface area contributed by atoms with Crippen molar-refractivity contribution in [3.8, 4) is 0 Å². The van der Waals surface area contributed by atoms with E-state index in [1.165, 1.54) is 0 Å². The van der Waals surface area contributed by atoms with Crippen molar-refractivity contribution >= 4 is 5.91 Å². The quantitative estimate of drug-likeness (QED) is 0.571. The van der Waals surface area contributed by atoms with E-state index in [0.717, 1.165) is 0 Å². The molecular weight excluding hydrogens is 194 g/mol. The van der Waals surface area contributed by atoms with Crippen molar-refractivity contribution in [2.45, 2.75) is 37.8 Å². The van der Waals surface area contributed by atoms with Crippen LogP contribution in [0.1, 0.15) is 25.7 Å². The van der Waals surface area contributed by atoms with Crippen molar-refractivity contribution in [1.82, 2.24) is 5.32 Å². The maximum Gasteiger partial charge on any atom is 0.220 e. The van der Waals surface area contributed by atoms with Crippen molar-refractivity contribution in [2.24, 2.45) is 5.92 Å². The molecule has 0 unspecified atom stereocenters. The van der Waals surface area contributed by atoms with Gasteiger partial charge in [-0.25, -0.2) is 0 Å². The fourth-order valence-electron chi connectivity index (χ4n) is 1.95. The average Bonchev–Trinajstić information content (AvgIpc) is 2.55. The molecule has 4 nitrogen and oxygen atoms in total. The van der Waals surface area contributed by atoms with Gasteiger partial charge in [0.15, 0.2) is 0 Å². The van der Waals surface area contributed by atoms with Crippen LogP contribution in [0, 0.1) is 5.92 Å². The van der Waals surface area contributed by atoms with Crippen molar-refractivity contribution in [1.29, 1.82) is 0 Å². The van der Waals surface area contributed by atoms with Gasteiger partial charge in [-0.3, -0.25) is 4.79 Å². The molecule has 3 atom stereocenters. The number of aliphatic hydroxyl groups is 2. The Kier molecular flexibility index (Phi) is 4.78. The predicted molar refractivity (Wildman–Crippen MR) is 57.2 cm³/mol. The molecule has 0 radical (unpaired) electrons. The summed E-state index contributed by atoms with van der Waals surface area (Å²) in [5.74, 6) is -0.0969. The summed E-state index contributed by atoms with van der Waals surface area (Å²) < 4.78 is 0. The van der Waals surface area contributed by atoms with E-state index in [-0.39, 0.29) is 24.5 Å². The second-order valence-electron chi connectivity index (χ2n) is 4.07. The molecule has 1 fully saturated rings. The van der Waals surface area contributed by atoms with E-state index in [9.17, 15) is 9.90 Å². The molecule has 0 aliphatic heterocycles. The van der Waals surface area contributed by atoms with Crippen molar-refractivity contribution < 1.29 is 15.0 Å². The van der Waals surface area contributed by atoms with Crippen molar-refractivity contribution in [3.05, 3.63) is 12.7 Å². The van der Waals surface area contributed by atoms with Crippen LogP contribution < -0.4 is 5.32 Å². The lowest BCUT2D eigenvalue weighted by Gasteiger charge is -2.11. The monoisotopic (exact) mass is 213 g/mol. The molecular formula is C11H19NO3. The van der Waals surface area contributed by atoms with Gasteiger partial charge >= 0.3 is 0 Å². The summed E-state index contributed by atoms with van der Waals surface area (Å²) in [4.78, 5) is 11.4. The van der Waals surface area contributed by atoms with Gasteiger partial charge in [-0.05, 0) is 19.3 Å². The number of amides is 1. The van der Waals surface area contributed by atoms with E-state index in [1.54, 1.807) is 6.08 Å². The second-order valence-corrected chi connectivity index (χ2v) is 4.07. The number of hydrogen-bond acceptors (Lipinski definition) is 3. The Balaban J connectivity index is 2.28. The van der Waals surface area contributed by atoms with Crippen LogP contribution in [0.2, 0.25) is 0 Å². The Hall–Kier alpha value is -0.870. The Bertz CT molecular complexity index is 230. The molecule has 1 aliphatic rings. The van der Waals surface area contributed by atoms with Crippen LogP contribution in [0.25, 0.3) is 0 Å². The van der Waals surface area contributed by atoms with Crippen LogP contribution in [0.3, 0.4) is 0 Å². The minimum atomic E-state index is -0.486. The van der Waals surface area contributed by atoms with E-state index >= 15 is 0 Å². The lowest BCUT2D eigenvalue weighted by molar-refractivity contribution is -0.121. The molecule has 86 valence electrons. The van der Waals surface area contributed by atoms with E-state index in [0.29, 0.717) is 25.7 Å². The molecule has 1 rings (SSSR count). The lowest BCUT2D eigenvalue weighted by Crippen LogP contribution is -2.33. The van der Waals surface area contributed by atoms with E-state index in [1.807, 2.05) is 0 Å². The fraction of sp³-hybridized carbons (Fsp3) is 0.727. The van der Waals surface area contributed by atoms with Gasteiger partial charge in [0.25, 0.3) is 0 Å². The topological polar surface area (TPSA) is 69.6 Å². The summed E-state index contributed by atoms with van der Waals surface area (Å²) >= 11 is 0. The number of aliphatic hydroxyl groups excluding tert-OH is 2. The number of carbonyl (C=O) groups is 1. The molecule has 0 aromatic rings. The van der Waals surface area contributed by atoms with Crippen LogP contribution in [0.5, 0.6) is 0 Å². The Labute approximate surface area is 90.0 Å². The smallest absolute Gasteiger partial charge is 0.220 e. The van der Waals surface area contributed by atoms with Gasteiger partial charge in [-0.2, -0.15) is 0 Å². The molecule has 0 aromatic carbocycles. The molecule has 0 bridgehead atoms. The zero-order valence-electron chi connectivity index (χ0n) is 8.85. The Morgan fingerprint density at radius 2 is 2.27 bits per heavy atom. The second kappa shape index (κ2) is 5.88. The zero-order valence-corrected chi connectivity index (χ0v) is 8.85. The summed E-state index contributed by atoms with van der Waals surface area (Å²) in [6.45, 7) is 3.54. The zero-order chi connectivity index (χ0) is 11.3. The first-order valence-corrected chi connectivity index (χ1v) is 5.36. The summed E-state index contributed by atoms with van der Waals surface area (Å²) in [6, 6.07) is 0.00876. The molecule has 0 spiro atoms. The first-order valence-electron chi connectivity index (χ1n) is 5.36. The molecule has 0 saturated heterocycles. The van der Waals surface area contributed by atoms with Crippen molar-refractivity contribution in [3.63, 3.8) is 0 Å². The highest BCUT2D eigenvalue weighted by Gasteiger charge is 2.32. The molecule has 15 heavy (non-hydrogen) atoms. The number of nitrogens with one attached hydrogen (secondary N) is 1.